The Morgan fingerprint density at radius 1 is 1.20 bits per heavy atom. The molecule has 0 aromatic carbocycles. The van der Waals surface area contributed by atoms with Crippen molar-refractivity contribution in [2.75, 3.05) is 13.1 Å². The Morgan fingerprint density at radius 3 is 1.70 bits per heavy atom. The Labute approximate surface area is 68.0 Å². The second kappa shape index (κ2) is 37.7. The number of rotatable bonds is 3. The van der Waals surface area contributed by atoms with Gasteiger partial charge in [0.05, 0.1) is 0 Å². The van der Waals surface area contributed by atoms with Gasteiger partial charge in [0.2, 0.25) is 0 Å². The van der Waals surface area contributed by atoms with Crippen LogP contribution in [-0.4, -0.2) is 13.1 Å². The van der Waals surface area contributed by atoms with Gasteiger partial charge < -0.3 is 5.32 Å². The predicted molar refractivity (Wildman–Crippen MR) is 53.6 cm³/mol. The highest BCUT2D eigenvalue weighted by Gasteiger charge is 1.71. The van der Waals surface area contributed by atoms with E-state index in [1.54, 1.807) is 0 Å². The van der Waals surface area contributed by atoms with Crippen molar-refractivity contribution in [3.63, 3.8) is 0 Å². The van der Waals surface area contributed by atoms with E-state index in [9.17, 15) is 0 Å². The van der Waals surface area contributed by atoms with E-state index in [2.05, 4.69) is 32.3 Å². The first kappa shape index (κ1) is 16.4. The van der Waals surface area contributed by atoms with Gasteiger partial charge in [0.15, 0.2) is 0 Å². The molecule has 0 heterocycles. The number of hydrogen-bond donors (Lipinski definition) is 1. The third kappa shape index (κ3) is 47.4. The van der Waals surface area contributed by atoms with Crippen molar-refractivity contribution < 1.29 is 1.43 Å². The minimum atomic E-state index is 0. The van der Waals surface area contributed by atoms with Crippen LogP contribution in [0.25, 0.3) is 0 Å². The molecule has 10 heavy (non-hydrogen) atoms. The number of hydrogen-bond acceptors (Lipinski definition) is 1. The zero-order valence-electron chi connectivity index (χ0n) is 8.04. The molecule has 0 amide bonds. The van der Waals surface area contributed by atoms with Gasteiger partial charge in [0.1, 0.15) is 0 Å². The Morgan fingerprint density at radius 2 is 1.60 bits per heavy atom. The van der Waals surface area contributed by atoms with E-state index in [4.69, 9.17) is 0 Å². The van der Waals surface area contributed by atoms with Crippen molar-refractivity contribution in [3.05, 3.63) is 13.2 Å². The molecule has 0 saturated heterocycles. The van der Waals surface area contributed by atoms with Gasteiger partial charge in [-0.25, -0.2) is 0 Å². The van der Waals surface area contributed by atoms with Crippen LogP contribution >= 0.6 is 0 Å². The molecule has 0 aliphatic heterocycles. The summed E-state index contributed by atoms with van der Waals surface area (Å²) in [4.78, 5) is 0. The van der Waals surface area contributed by atoms with E-state index in [-0.39, 0.29) is 1.43 Å². The van der Waals surface area contributed by atoms with Crippen LogP contribution in [0.4, 0.5) is 0 Å². The third-order valence-electron chi connectivity index (χ3n) is 0.677. The first-order valence-electron chi connectivity index (χ1n) is 4.12. The zero-order chi connectivity index (χ0) is 8.83. The average molecular weight is 147 g/mol. The molecule has 0 aliphatic rings. The summed E-state index contributed by atoms with van der Waals surface area (Å²) in [6.45, 7) is 16.6. The smallest absolute Gasteiger partial charge is 0 e. The van der Waals surface area contributed by atoms with Crippen molar-refractivity contribution in [3.8, 4) is 0 Å². The van der Waals surface area contributed by atoms with Crippen LogP contribution in [0, 0.1) is 0 Å². The minimum absolute atomic E-state index is 0. The SMILES string of the molecule is C=C.CC.CCCNCC.[HH]. The molecular formula is C9H25N. The highest BCUT2D eigenvalue weighted by Crippen LogP contribution is 1.65. The van der Waals surface area contributed by atoms with E-state index >= 15 is 0 Å². The monoisotopic (exact) mass is 147 g/mol. The summed E-state index contributed by atoms with van der Waals surface area (Å²) in [6, 6.07) is 0. The summed E-state index contributed by atoms with van der Waals surface area (Å²) in [6.07, 6.45) is 1.24. The van der Waals surface area contributed by atoms with Crippen LogP contribution in [0.15, 0.2) is 13.2 Å². The van der Waals surface area contributed by atoms with Gasteiger partial charge >= 0.3 is 0 Å². The Kier molecular flexibility index (Phi) is 61.6. The molecule has 0 rings (SSSR count). The van der Waals surface area contributed by atoms with Crippen LogP contribution in [0.2, 0.25) is 0 Å². The largest absolute Gasteiger partial charge is 0.317 e. The maximum absolute atomic E-state index is 3.20. The molecule has 1 heteroatoms. The fraction of sp³-hybridized carbons (Fsp3) is 0.778. The summed E-state index contributed by atoms with van der Waals surface area (Å²) in [5.41, 5.74) is 0. The Bertz CT molecular complexity index is 28.7. The van der Waals surface area contributed by atoms with Crippen molar-refractivity contribution >= 4 is 0 Å². The fourth-order valence-electron chi connectivity index (χ4n) is 0.354. The van der Waals surface area contributed by atoms with Gasteiger partial charge in [-0.1, -0.05) is 27.7 Å². The van der Waals surface area contributed by atoms with Gasteiger partial charge in [-0.05, 0) is 19.5 Å². The zero-order valence-corrected chi connectivity index (χ0v) is 8.04. The molecule has 0 fully saturated rings. The van der Waals surface area contributed by atoms with Crippen molar-refractivity contribution in [2.45, 2.75) is 34.1 Å². The second-order valence-corrected chi connectivity index (χ2v) is 1.35. The summed E-state index contributed by atoms with van der Waals surface area (Å²) in [7, 11) is 0. The third-order valence-corrected chi connectivity index (χ3v) is 0.677. The molecule has 0 bridgehead atoms. The summed E-state index contributed by atoms with van der Waals surface area (Å²) < 4.78 is 0. The minimum Gasteiger partial charge on any atom is -0.317 e. The first-order chi connectivity index (χ1) is 4.91. The molecule has 0 saturated carbocycles. The lowest BCUT2D eigenvalue weighted by Gasteiger charge is -1.91. The molecular weight excluding hydrogens is 122 g/mol. The topological polar surface area (TPSA) is 12.0 Å². The van der Waals surface area contributed by atoms with Crippen molar-refractivity contribution in [1.82, 2.24) is 5.32 Å². The molecule has 0 aromatic rings. The predicted octanol–water partition coefficient (Wildman–Crippen LogP) is 3.08. The van der Waals surface area contributed by atoms with E-state index in [1.807, 2.05) is 13.8 Å². The summed E-state index contributed by atoms with van der Waals surface area (Å²) in [5.74, 6) is 0. The molecule has 0 aromatic heterocycles. The van der Waals surface area contributed by atoms with E-state index in [0.717, 1.165) is 13.1 Å². The molecule has 0 radical (unpaired) electrons. The molecule has 0 atom stereocenters. The highest BCUT2D eigenvalue weighted by molar-refractivity contribution is 4.35. The standard InChI is InChI=1S/C5H13N.C2H6.C2H4.H2/c1-3-5-6-4-2;2*1-2;/h6H,3-5H2,1-2H3;1-2H3;1-2H2;1H. The first-order valence-corrected chi connectivity index (χ1v) is 4.12. The Hall–Kier alpha value is -0.300. The fourth-order valence-corrected chi connectivity index (χ4v) is 0.354. The van der Waals surface area contributed by atoms with Crippen molar-refractivity contribution in [2.24, 2.45) is 0 Å². The van der Waals surface area contributed by atoms with Crippen LogP contribution in [0.5, 0.6) is 0 Å². The lowest BCUT2D eigenvalue weighted by Crippen LogP contribution is -2.12. The van der Waals surface area contributed by atoms with Gasteiger partial charge in [0, 0.05) is 1.43 Å². The normalized spacial score (nSPS) is 6.40. The highest BCUT2D eigenvalue weighted by atomic mass is 14.8. The van der Waals surface area contributed by atoms with Crippen LogP contribution in [0.1, 0.15) is 35.5 Å². The summed E-state index contributed by atoms with van der Waals surface area (Å²) >= 11 is 0. The van der Waals surface area contributed by atoms with Gasteiger partial charge in [-0.15, -0.1) is 13.2 Å². The van der Waals surface area contributed by atoms with Crippen molar-refractivity contribution in [1.29, 1.82) is 0 Å². The lowest BCUT2D eigenvalue weighted by molar-refractivity contribution is 0.703. The van der Waals surface area contributed by atoms with Crippen LogP contribution in [0.3, 0.4) is 0 Å². The maximum atomic E-state index is 3.20. The molecule has 1 N–H and O–H groups in total. The van der Waals surface area contributed by atoms with Crippen LogP contribution in [-0.2, 0) is 0 Å². The molecule has 66 valence electrons. The van der Waals surface area contributed by atoms with Crippen LogP contribution < -0.4 is 5.32 Å². The summed E-state index contributed by atoms with van der Waals surface area (Å²) in [5, 5.41) is 3.20. The lowest BCUT2D eigenvalue weighted by atomic mass is 10.5. The average Bonchev–Trinajstić information content (AvgIpc) is 2.08. The number of nitrogens with one attached hydrogen (secondary N) is 1. The molecule has 0 aliphatic carbocycles. The van der Waals surface area contributed by atoms with Gasteiger partial charge in [0.25, 0.3) is 0 Å². The Balaban J connectivity index is -0.0000000428. The van der Waals surface area contributed by atoms with E-state index < -0.39 is 0 Å². The quantitative estimate of drug-likeness (QED) is 0.478. The molecule has 0 spiro atoms. The van der Waals surface area contributed by atoms with E-state index in [1.165, 1.54) is 6.42 Å². The second-order valence-electron chi connectivity index (χ2n) is 1.35. The van der Waals surface area contributed by atoms with E-state index in [0.29, 0.717) is 0 Å². The molecule has 0 unspecified atom stereocenters. The van der Waals surface area contributed by atoms with Gasteiger partial charge in [-0.3, -0.25) is 0 Å². The molecule has 1 nitrogen and oxygen atoms in total. The maximum Gasteiger partial charge on any atom is 0 e. The van der Waals surface area contributed by atoms with Gasteiger partial charge in [-0.2, -0.15) is 0 Å².